The molecule has 1 aromatic rings. The highest BCUT2D eigenvalue weighted by atomic mass is 127. The minimum Gasteiger partial charge on any atom is -0.494 e. The van der Waals surface area contributed by atoms with Crippen molar-refractivity contribution in [1.29, 1.82) is 0 Å². The first-order chi connectivity index (χ1) is 5.57. The minimum absolute atomic E-state index is 0.370. The Morgan fingerprint density at radius 1 is 1.50 bits per heavy atom. The Labute approximate surface area is 94.1 Å². The predicted molar refractivity (Wildman–Crippen MR) is 60.1 cm³/mol. The van der Waals surface area contributed by atoms with Crippen molar-refractivity contribution in [2.75, 3.05) is 12.8 Å². The van der Waals surface area contributed by atoms with Crippen LogP contribution in [0.25, 0.3) is 0 Å². The van der Waals surface area contributed by atoms with E-state index in [0.717, 1.165) is 3.57 Å². The highest BCUT2D eigenvalue weighted by molar-refractivity contribution is 14.1. The zero-order valence-corrected chi connectivity index (χ0v) is 9.87. The summed E-state index contributed by atoms with van der Waals surface area (Å²) in [7, 11) is 1.50. The number of nitrogens with two attached hydrogens (primary N) is 1. The Balaban J connectivity index is 3.40. The molecule has 2 nitrogen and oxygen atoms in total. The van der Waals surface area contributed by atoms with Crippen LogP contribution >= 0.6 is 45.8 Å². The van der Waals surface area contributed by atoms with Crippen LogP contribution in [0, 0.1) is 3.57 Å². The molecule has 0 aliphatic carbocycles. The number of hydrogen-bond donors (Lipinski definition) is 1. The fraction of sp³-hybridized carbons (Fsp3) is 0.143. The van der Waals surface area contributed by atoms with Gasteiger partial charge < -0.3 is 10.5 Å². The summed E-state index contributed by atoms with van der Waals surface area (Å²) in [6.45, 7) is 0. The standard InChI is InChI=1S/C7H6Cl2INO/c1-12-7-3(8)2-4(10)6(11)5(7)9/h2H,11H2,1H3. The Bertz CT molecular complexity index is 317. The first kappa shape index (κ1) is 10.2. The van der Waals surface area contributed by atoms with Gasteiger partial charge in [-0.3, -0.25) is 0 Å². The van der Waals surface area contributed by atoms with Gasteiger partial charge in [0.2, 0.25) is 0 Å². The van der Waals surface area contributed by atoms with Crippen LogP contribution in [0.4, 0.5) is 5.69 Å². The molecular formula is C7H6Cl2INO. The quantitative estimate of drug-likeness (QED) is 0.638. The molecule has 0 saturated carbocycles. The van der Waals surface area contributed by atoms with E-state index in [-0.39, 0.29) is 0 Å². The van der Waals surface area contributed by atoms with Crippen LogP contribution < -0.4 is 10.5 Å². The zero-order valence-electron chi connectivity index (χ0n) is 6.20. The Morgan fingerprint density at radius 3 is 2.58 bits per heavy atom. The molecule has 1 aromatic carbocycles. The number of methoxy groups -OCH3 is 1. The van der Waals surface area contributed by atoms with E-state index in [9.17, 15) is 0 Å². The zero-order chi connectivity index (χ0) is 9.30. The van der Waals surface area contributed by atoms with Gasteiger partial charge in [0.1, 0.15) is 5.02 Å². The Kier molecular flexibility index (Phi) is 3.31. The number of nitrogen functional groups attached to an aromatic ring is 1. The van der Waals surface area contributed by atoms with E-state index >= 15 is 0 Å². The lowest BCUT2D eigenvalue weighted by Crippen LogP contribution is -1.94. The fourth-order valence-electron chi connectivity index (χ4n) is 0.774. The third-order valence-corrected chi connectivity index (χ3v) is 2.92. The smallest absolute Gasteiger partial charge is 0.158 e. The monoisotopic (exact) mass is 317 g/mol. The number of halogens is 3. The molecule has 0 radical (unpaired) electrons. The number of anilines is 1. The molecule has 0 aliphatic rings. The molecule has 0 atom stereocenters. The second kappa shape index (κ2) is 3.89. The molecule has 66 valence electrons. The maximum atomic E-state index is 5.86. The van der Waals surface area contributed by atoms with E-state index in [1.54, 1.807) is 6.07 Å². The van der Waals surface area contributed by atoms with Gasteiger partial charge in [-0.15, -0.1) is 0 Å². The van der Waals surface area contributed by atoms with Crippen molar-refractivity contribution in [1.82, 2.24) is 0 Å². The van der Waals surface area contributed by atoms with Gasteiger partial charge in [-0.1, -0.05) is 23.2 Å². The molecule has 0 fully saturated rings. The Hall–Kier alpha value is 0.130. The summed E-state index contributed by atoms with van der Waals surface area (Å²) in [6.07, 6.45) is 0. The molecular weight excluding hydrogens is 312 g/mol. The van der Waals surface area contributed by atoms with Crippen LogP contribution in [0.3, 0.4) is 0 Å². The van der Waals surface area contributed by atoms with Gasteiger partial charge in [-0.05, 0) is 28.7 Å². The highest BCUT2D eigenvalue weighted by Crippen LogP contribution is 2.39. The van der Waals surface area contributed by atoms with Gasteiger partial charge in [-0.2, -0.15) is 0 Å². The van der Waals surface area contributed by atoms with Crippen molar-refractivity contribution < 1.29 is 4.74 Å². The first-order valence-corrected chi connectivity index (χ1v) is 4.88. The molecule has 0 heterocycles. The van der Waals surface area contributed by atoms with Gasteiger partial charge in [0.15, 0.2) is 5.75 Å². The second-order valence-electron chi connectivity index (χ2n) is 2.10. The van der Waals surface area contributed by atoms with Crippen molar-refractivity contribution in [2.45, 2.75) is 0 Å². The van der Waals surface area contributed by atoms with E-state index in [1.807, 2.05) is 0 Å². The molecule has 0 bridgehead atoms. The van der Waals surface area contributed by atoms with E-state index in [1.165, 1.54) is 7.11 Å². The molecule has 0 spiro atoms. The maximum absolute atomic E-state index is 5.86. The van der Waals surface area contributed by atoms with Gasteiger partial charge >= 0.3 is 0 Å². The molecule has 2 N–H and O–H groups in total. The van der Waals surface area contributed by atoms with Crippen LogP contribution in [0.5, 0.6) is 5.75 Å². The van der Waals surface area contributed by atoms with Crippen LogP contribution in [0.15, 0.2) is 6.07 Å². The summed E-state index contributed by atoms with van der Waals surface area (Å²) >= 11 is 13.8. The fourth-order valence-corrected chi connectivity index (χ4v) is 2.31. The lowest BCUT2D eigenvalue weighted by Gasteiger charge is -2.08. The first-order valence-electron chi connectivity index (χ1n) is 3.05. The average Bonchev–Trinajstić information content (AvgIpc) is 2.01. The largest absolute Gasteiger partial charge is 0.494 e. The molecule has 0 aromatic heterocycles. The van der Waals surface area contributed by atoms with Crippen molar-refractivity contribution in [3.05, 3.63) is 19.7 Å². The van der Waals surface area contributed by atoms with Crippen LogP contribution in [-0.2, 0) is 0 Å². The van der Waals surface area contributed by atoms with Gasteiger partial charge in [-0.25, -0.2) is 0 Å². The summed E-state index contributed by atoms with van der Waals surface area (Å²) < 4.78 is 5.79. The average molecular weight is 318 g/mol. The van der Waals surface area contributed by atoms with Crippen molar-refractivity contribution >= 4 is 51.5 Å². The number of benzene rings is 1. The highest BCUT2D eigenvalue weighted by Gasteiger charge is 2.12. The van der Waals surface area contributed by atoms with E-state index < -0.39 is 0 Å². The molecule has 0 saturated heterocycles. The van der Waals surface area contributed by atoms with E-state index in [4.69, 9.17) is 33.7 Å². The number of ether oxygens (including phenoxy) is 1. The lowest BCUT2D eigenvalue weighted by molar-refractivity contribution is 0.415. The minimum atomic E-state index is 0.370. The van der Waals surface area contributed by atoms with Crippen LogP contribution in [0.1, 0.15) is 0 Å². The molecule has 5 heteroatoms. The maximum Gasteiger partial charge on any atom is 0.158 e. The second-order valence-corrected chi connectivity index (χ2v) is 4.05. The summed E-state index contributed by atoms with van der Waals surface area (Å²) in [6, 6.07) is 1.71. The van der Waals surface area contributed by atoms with Crippen molar-refractivity contribution in [3.63, 3.8) is 0 Å². The van der Waals surface area contributed by atoms with Gasteiger partial charge in [0, 0.05) is 3.57 Å². The summed E-state index contributed by atoms with van der Waals surface area (Å²) in [5.74, 6) is 0.427. The normalized spacial score (nSPS) is 10.0. The molecule has 0 aliphatic heterocycles. The van der Waals surface area contributed by atoms with Gasteiger partial charge in [0.25, 0.3) is 0 Å². The van der Waals surface area contributed by atoms with Crippen LogP contribution in [-0.4, -0.2) is 7.11 Å². The summed E-state index contributed by atoms with van der Waals surface area (Å²) in [5, 5.41) is 0.843. The SMILES string of the molecule is COc1c(Cl)cc(I)c(N)c1Cl. The number of rotatable bonds is 1. The lowest BCUT2D eigenvalue weighted by atomic mass is 10.3. The Morgan fingerprint density at radius 2 is 2.08 bits per heavy atom. The number of hydrogen-bond acceptors (Lipinski definition) is 2. The third kappa shape index (κ3) is 1.72. The van der Waals surface area contributed by atoms with Gasteiger partial charge in [0.05, 0.1) is 17.8 Å². The summed E-state index contributed by atoms with van der Waals surface area (Å²) in [4.78, 5) is 0. The third-order valence-electron chi connectivity index (χ3n) is 1.37. The van der Waals surface area contributed by atoms with Crippen molar-refractivity contribution in [3.8, 4) is 5.75 Å². The molecule has 0 unspecified atom stereocenters. The van der Waals surface area contributed by atoms with E-state index in [0.29, 0.717) is 21.5 Å². The predicted octanol–water partition coefficient (Wildman–Crippen LogP) is 3.19. The van der Waals surface area contributed by atoms with Crippen molar-refractivity contribution in [2.24, 2.45) is 0 Å². The topological polar surface area (TPSA) is 35.2 Å². The van der Waals surface area contributed by atoms with Crippen LogP contribution in [0.2, 0.25) is 10.0 Å². The van der Waals surface area contributed by atoms with E-state index in [2.05, 4.69) is 22.6 Å². The molecule has 12 heavy (non-hydrogen) atoms. The molecule has 1 rings (SSSR count). The summed E-state index contributed by atoms with van der Waals surface area (Å²) in [5.41, 5.74) is 6.15. The molecule has 0 amide bonds.